The number of hydrogen-bond donors (Lipinski definition) is 0. The van der Waals surface area contributed by atoms with Crippen LogP contribution in [-0.4, -0.2) is 9.55 Å². The summed E-state index contributed by atoms with van der Waals surface area (Å²) in [4.78, 5) is 4.17. The van der Waals surface area contributed by atoms with Gasteiger partial charge in [-0.05, 0) is 12.1 Å². The van der Waals surface area contributed by atoms with Crippen molar-refractivity contribution in [3.63, 3.8) is 0 Å². The first-order valence-corrected chi connectivity index (χ1v) is 3.15. The van der Waals surface area contributed by atoms with E-state index < -0.39 is 0 Å². The smallest absolute Gasteiger partial charge is 0.140 e. The van der Waals surface area contributed by atoms with Gasteiger partial charge in [0.1, 0.15) is 5.65 Å². The van der Waals surface area contributed by atoms with Crippen molar-refractivity contribution in [1.82, 2.24) is 9.55 Å². The van der Waals surface area contributed by atoms with Crippen LogP contribution in [0.3, 0.4) is 0 Å². The Morgan fingerprint density at radius 2 is 2.50 bits per heavy atom. The van der Waals surface area contributed by atoms with Gasteiger partial charge in [-0.3, -0.25) is 0 Å². The van der Waals surface area contributed by atoms with Gasteiger partial charge in [0.15, 0.2) is 0 Å². The maximum atomic E-state index is 4.17. The van der Waals surface area contributed by atoms with E-state index in [0.29, 0.717) is 0 Å². The maximum absolute atomic E-state index is 4.17. The highest BCUT2D eigenvalue weighted by atomic mass is 15.0. The number of fused-ring (bicyclic) bond motifs is 1. The zero-order chi connectivity index (χ0) is 6.97. The number of nitrogens with zero attached hydrogens (tertiary/aromatic N) is 2. The molecule has 0 amide bonds. The minimum atomic E-state index is 0.988. The van der Waals surface area contributed by atoms with E-state index in [1.807, 2.05) is 29.9 Å². The first kappa shape index (κ1) is 5.47. The molecule has 2 aromatic rings. The first-order valence-electron chi connectivity index (χ1n) is 3.15. The number of hydrogen-bond acceptors (Lipinski definition) is 1. The van der Waals surface area contributed by atoms with Crippen LogP contribution in [0.15, 0.2) is 24.5 Å². The standard InChI is InChI=1S/C8H7N2/c1-10-6-4-7-3-2-5-9-8(7)10/h2-3,5-6H,1H3. The summed E-state index contributed by atoms with van der Waals surface area (Å²) in [5.41, 5.74) is 0.988. The van der Waals surface area contributed by atoms with Gasteiger partial charge in [0.25, 0.3) is 0 Å². The van der Waals surface area contributed by atoms with Gasteiger partial charge in [-0.15, -0.1) is 0 Å². The number of aryl methyl sites for hydroxylation is 1. The van der Waals surface area contributed by atoms with E-state index in [1.165, 1.54) is 0 Å². The number of aromatic nitrogens is 2. The van der Waals surface area contributed by atoms with Crippen molar-refractivity contribution in [2.24, 2.45) is 7.05 Å². The van der Waals surface area contributed by atoms with Gasteiger partial charge in [0, 0.05) is 30.9 Å². The molecule has 2 heteroatoms. The molecule has 0 unspecified atom stereocenters. The highest BCUT2D eigenvalue weighted by molar-refractivity contribution is 5.74. The fourth-order valence-electron chi connectivity index (χ4n) is 1.02. The van der Waals surface area contributed by atoms with Gasteiger partial charge in [-0.2, -0.15) is 0 Å². The van der Waals surface area contributed by atoms with E-state index >= 15 is 0 Å². The Labute approximate surface area is 59.1 Å². The second-order valence-electron chi connectivity index (χ2n) is 2.26. The lowest BCUT2D eigenvalue weighted by atomic mass is 10.3. The summed E-state index contributed by atoms with van der Waals surface area (Å²) in [6.07, 6.45) is 3.67. The van der Waals surface area contributed by atoms with Crippen LogP contribution in [-0.2, 0) is 7.05 Å². The molecule has 10 heavy (non-hydrogen) atoms. The Bertz CT molecular complexity index is 349. The highest BCUT2D eigenvalue weighted by Crippen LogP contribution is 2.08. The Balaban J connectivity index is 2.93. The maximum Gasteiger partial charge on any atom is 0.140 e. The summed E-state index contributed by atoms with van der Waals surface area (Å²) in [5, 5.41) is 1.07. The third-order valence-electron chi connectivity index (χ3n) is 1.53. The van der Waals surface area contributed by atoms with Crippen LogP contribution in [0.1, 0.15) is 0 Å². The second-order valence-corrected chi connectivity index (χ2v) is 2.26. The second kappa shape index (κ2) is 1.84. The lowest BCUT2D eigenvalue weighted by Gasteiger charge is -1.91. The van der Waals surface area contributed by atoms with E-state index in [9.17, 15) is 0 Å². The van der Waals surface area contributed by atoms with E-state index in [4.69, 9.17) is 0 Å². The Morgan fingerprint density at radius 3 is 3.30 bits per heavy atom. The minimum Gasteiger partial charge on any atom is -0.335 e. The zero-order valence-electron chi connectivity index (χ0n) is 5.70. The van der Waals surface area contributed by atoms with Gasteiger partial charge in [0.05, 0.1) is 0 Å². The summed E-state index contributed by atoms with van der Waals surface area (Å²) >= 11 is 0. The summed E-state index contributed by atoms with van der Waals surface area (Å²) in [7, 11) is 1.96. The predicted molar refractivity (Wildman–Crippen MR) is 39.6 cm³/mol. The SMILES string of the molecule is Cn1c[c]c2cccnc21. The summed E-state index contributed by atoms with van der Waals surface area (Å²) in [5.74, 6) is 0. The van der Waals surface area contributed by atoms with E-state index in [1.54, 1.807) is 6.20 Å². The molecule has 0 aliphatic rings. The fraction of sp³-hybridized carbons (Fsp3) is 0.125. The van der Waals surface area contributed by atoms with Crippen molar-refractivity contribution in [2.75, 3.05) is 0 Å². The molecule has 1 radical (unpaired) electrons. The van der Waals surface area contributed by atoms with Crippen LogP contribution in [0, 0.1) is 6.07 Å². The number of rotatable bonds is 0. The summed E-state index contributed by atoms with van der Waals surface area (Å²) < 4.78 is 1.95. The normalized spacial score (nSPS) is 10.5. The Morgan fingerprint density at radius 1 is 1.60 bits per heavy atom. The van der Waals surface area contributed by atoms with Crippen LogP contribution in [0.4, 0.5) is 0 Å². The molecule has 2 heterocycles. The molecule has 0 atom stereocenters. The van der Waals surface area contributed by atoms with Crippen molar-refractivity contribution >= 4 is 11.0 Å². The molecule has 49 valence electrons. The summed E-state index contributed by atoms with van der Waals surface area (Å²) in [6, 6.07) is 7.01. The first-order chi connectivity index (χ1) is 4.88. The molecular formula is C8H7N2. The van der Waals surface area contributed by atoms with Crippen molar-refractivity contribution < 1.29 is 0 Å². The number of pyridine rings is 1. The molecular weight excluding hydrogens is 124 g/mol. The van der Waals surface area contributed by atoms with E-state index in [2.05, 4.69) is 11.1 Å². The molecule has 2 rings (SSSR count). The van der Waals surface area contributed by atoms with Crippen LogP contribution >= 0.6 is 0 Å². The molecule has 0 fully saturated rings. The third kappa shape index (κ3) is 0.620. The quantitative estimate of drug-likeness (QED) is 0.528. The molecule has 2 nitrogen and oxygen atoms in total. The van der Waals surface area contributed by atoms with Crippen molar-refractivity contribution in [1.29, 1.82) is 0 Å². The molecule has 0 aliphatic carbocycles. The van der Waals surface area contributed by atoms with Gasteiger partial charge in [-0.25, -0.2) is 4.98 Å². The minimum absolute atomic E-state index is 0.988. The van der Waals surface area contributed by atoms with Crippen molar-refractivity contribution in [3.05, 3.63) is 30.6 Å². The lowest BCUT2D eigenvalue weighted by Crippen LogP contribution is -1.85. The average Bonchev–Trinajstić information content (AvgIpc) is 2.34. The van der Waals surface area contributed by atoms with E-state index in [0.717, 1.165) is 11.0 Å². The van der Waals surface area contributed by atoms with Crippen LogP contribution in [0.2, 0.25) is 0 Å². The summed E-state index contributed by atoms with van der Waals surface area (Å²) in [6.45, 7) is 0. The fourth-order valence-corrected chi connectivity index (χ4v) is 1.02. The topological polar surface area (TPSA) is 17.8 Å². The molecule has 0 spiro atoms. The van der Waals surface area contributed by atoms with Crippen molar-refractivity contribution in [2.45, 2.75) is 0 Å². The van der Waals surface area contributed by atoms with E-state index in [-0.39, 0.29) is 0 Å². The predicted octanol–water partition coefficient (Wildman–Crippen LogP) is 1.37. The molecule has 0 saturated heterocycles. The molecule has 0 aliphatic heterocycles. The van der Waals surface area contributed by atoms with Crippen LogP contribution in [0.25, 0.3) is 11.0 Å². The molecule has 0 aromatic carbocycles. The average molecular weight is 131 g/mol. The van der Waals surface area contributed by atoms with Gasteiger partial charge in [0.2, 0.25) is 0 Å². The van der Waals surface area contributed by atoms with Gasteiger partial charge < -0.3 is 4.57 Å². The molecule has 0 bridgehead atoms. The highest BCUT2D eigenvalue weighted by Gasteiger charge is 1.94. The molecule has 0 saturated carbocycles. The molecule has 0 N–H and O–H groups in total. The third-order valence-corrected chi connectivity index (χ3v) is 1.53. The van der Waals surface area contributed by atoms with Crippen LogP contribution in [0.5, 0.6) is 0 Å². The zero-order valence-corrected chi connectivity index (χ0v) is 5.70. The Hall–Kier alpha value is -1.31. The largest absolute Gasteiger partial charge is 0.335 e. The monoisotopic (exact) mass is 131 g/mol. The molecule has 2 aromatic heterocycles. The van der Waals surface area contributed by atoms with Gasteiger partial charge >= 0.3 is 0 Å². The van der Waals surface area contributed by atoms with Crippen LogP contribution < -0.4 is 0 Å². The Kier molecular flexibility index (Phi) is 1.01. The van der Waals surface area contributed by atoms with Gasteiger partial charge in [-0.1, -0.05) is 0 Å². The lowest BCUT2D eigenvalue weighted by molar-refractivity contribution is 0.948. The van der Waals surface area contributed by atoms with Crippen molar-refractivity contribution in [3.8, 4) is 0 Å².